The fourth-order valence-corrected chi connectivity index (χ4v) is 3.51. The minimum absolute atomic E-state index is 0.194. The summed E-state index contributed by atoms with van der Waals surface area (Å²) < 4.78 is 63.3. The van der Waals surface area contributed by atoms with Gasteiger partial charge in [-0.25, -0.2) is 0 Å². The third-order valence-corrected chi connectivity index (χ3v) is 4.54. The molecule has 2 rings (SSSR count). The Kier molecular flexibility index (Phi) is 3.43. The number of rotatable bonds is 2. The number of benzene rings is 2. The summed E-state index contributed by atoms with van der Waals surface area (Å²) in [6.45, 7) is 0. The van der Waals surface area contributed by atoms with Gasteiger partial charge in [-0.2, -0.15) is 16.8 Å². The fourth-order valence-electron chi connectivity index (χ4n) is 1.80. The van der Waals surface area contributed by atoms with E-state index in [1.54, 1.807) is 0 Å². The largest absolute Gasteiger partial charge is 0.507 e. The monoisotopic (exact) mass is 338 g/mol. The summed E-state index contributed by atoms with van der Waals surface area (Å²) in [6, 6.07) is 3.67. The molecule has 2 aromatic carbocycles. The fraction of sp³-hybridized carbons (Fsp3) is 0. The molecule has 3 N–H and O–H groups in total. The molecule has 0 amide bonds. The number of fused-ring (bicyclic) bond motifs is 1. The zero-order valence-corrected chi connectivity index (χ0v) is 11.9. The normalized spacial score (nSPS) is 12.8. The second-order valence-corrected chi connectivity index (χ2v) is 7.08. The highest BCUT2D eigenvalue weighted by molar-refractivity contribution is 7.86. The van der Waals surface area contributed by atoms with Gasteiger partial charge in [0, 0.05) is 15.8 Å². The topological polar surface area (TPSA) is 129 Å². The Balaban J connectivity index is 3.16. The number of phenolic OH excluding ortho intramolecular Hbond substituents is 1. The summed E-state index contributed by atoms with van der Waals surface area (Å²) in [5, 5.41) is 8.73. The van der Waals surface area contributed by atoms with Crippen LogP contribution in [-0.4, -0.2) is 31.0 Å². The Labute approximate surface area is 118 Å². The first-order chi connectivity index (χ1) is 9.01. The van der Waals surface area contributed by atoms with E-state index in [4.69, 9.17) is 20.7 Å². The van der Waals surface area contributed by atoms with Crippen LogP contribution in [0.3, 0.4) is 0 Å². The summed E-state index contributed by atoms with van der Waals surface area (Å²) in [7, 11) is -9.43. The Morgan fingerprint density at radius 2 is 1.45 bits per heavy atom. The molecule has 108 valence electrons. The second kappa shape index (κ2) is 4.57. The molecule has 0 aliphatic rings. The van der Waals surface area contributed by atoms with Crippen LogP contribution < -0.4 is 0 Å². The molecule has 0 aliphatic heterocycles. The molecule has 20 heavy (non-hydrogen) atoms. The average Bonchev–Trinajstić information content (AvgIpc) is 2.24. The van der Waals surface area contributed by atoms with Gasteiger partial charge >= 0.3 is 0 Å². The van der Waals surface area contributed by atoms with Crippen LogP contribution in [0.25, 0.3) is 10.8 Å². The number of aromatic hydroxyl groups is 1. The van der Waals surface area contributed by atoms with Crippen molar-refractivity contribution in [3.8, 4) is 5.75 Å². The van der Waals surface area contributed by atoms with Gasteiger partial charge in [-0.15, -0.1) is 0 Å². The minimum atomic E-state index is -4.76. The van der Waals surface area contributed by atoms with Crippen LogP contribution in [0.5, 0.6) is 5.75 Å². The van der Waals surface area contributed by atoms with Crippen LogP contribution in [-0.2, 0) is 20.2 Å². The highest BCUT2D eigenvalue weighted by Crippen LogP contribution is 2.37. The van der Waals surface area contributed by atoms with Crippen molar-refractivity contribution < 1.29 is 31.0 Å². The van der Waals surface area contributed by atoms with E-state index >= 15 is 0 Å². The first kappa shape index (κ1) is 15.0. The standard InChI is InChI=1S/C10H7ClO7S2/c11-5-3-6-8(19(13,14)15)2-1-7(12)10(6)9(4-5)20(16,17)18/h1-4,12H,(H,13,14,15)(H,16,17,18). The Bertz CT molecular complexity index is 916. The number of phenols is 1. The third kappa shape index (κ3) is 2.58. The minimum Gasteiger partial charge on any atom is -0.507 e. The third-order valence-electron chi connectivity index (χ3n) is 2.54. The first-order valence-corrected chi connectivity index (χ1v) is 8.18. The maximum Gasteiger partial charge on any atom is 0.295 e. The van der Waals surface area contributed by atoms with Crippen molar-refractivity contribution >= 4 is 42.6 Å². The van der Waals surface area contributed by atoms with Gasteiger partial charge in [0.2, 0.25) is 0 Å². The van der Waals surface area contributed by atoms with Crippen molar-refractivity contribution in [2.75, 3.05) is 0 Å². The van der Waals surface area contributed by atoms with Gasteiger partial charge in [0.1, 0.15) is 15.5 Å². The van der Waals surface area contributed by atoms with Crippen LogP contribution in [0.15, 0.2) is 34.1 Å². The molecule has 0 aliphatic carbocycles. The van der Waals surface area contributed by atoms with E-state index in [0.29, 0.717) is 0 Å². The number of hydrogen-bond acceptors (Lipinski definition) is 5. The molecule has 2 aromatic rings. The van der Waals surface area contributed by atoms with Crippen molar-refractivity contribution in [3.63, 3.8) is 0 Å². The lowest BCUT2D eigenvalue weighted by Gasteiger charge is -2.10. The van der Waals surface area contributed by atoms with Gasteiger partial charge < -0.3 is 5.11 Å². The Hall–Kier alpha value is -1.39. The first-order valence-electron chi connectivity index (χ1n) is 4.92. The van der Waals surface area contributed by atoms with E-state index in [1.165, 1.54) is 0 Å². The van der Waals surface area contributed by atoms with E-state index in [1.807, 2.05) is 0 Å². The summed E-state index contributed by atoms with van der Waals surface area (Å²) in [5.41, 5.74) is 0. The van der Waals surface area contributed by atoms with Crippen molar-refractivity contribution in [1.29, 1.82) is 0 Å². The zero-order valence-electron chi connectivity index (χ0n) is 9.48. The molecule has 0 spiro atoms. The lowest BCUT2D eigenvalue weighted by atomic mass is 10.1. The summed E-state index contributed by atoms with van der Waals surface area (Å²) in [4.78, 5) is -1.40. The molecule has 0 heterocycles. The van der Waals surface area contributed by atoms with Gasteiger partial charge in [0.25, 0.3) is 20.2 Å². The lowest BCUT2D eigenvalue weighted by Crippen LogP contribution is -2.03. The second-order valence-electron chi connectivity index (χ2n) is 3.86. The van der Waals surface area contributed by atoms with Crippen molar-refractivity contribution in [2.45, 2.75) is 9.79 Å². The van der Waals surface area contributed by atoms with Crippen LogP contribution in [0.2, 0.25) is 5.02 Å². The summed E-state index contributed by atoms with van der Waals surface area (Å²) in [6.07, 6.45) is 0. The van der Waals surface area contributed by atoms with Gasteiger partial charge in [-0.3, -0.25) is 9.11 Å². The van der Waals surface area contributed by atoms with Gasteiger partial charge in [0.15, 0.2) is 0 Å². The molecule has 0 saturated heterocycles. The predicted molar refractivity (Wildman–Crippen MR) is 70.3 cm³/mol. The highest BCUT2D eigenvalue weighted by atomic mass is 35.5. The van der Waals surface area contributed by atoms with Crippen molar-refractivity contribution in [1.82, 2.24) is 0 Å². The molecule has 0 saturated carbocycles. The molecule has 0 bridgehead atoms. The number of halogens is 1. The molecule has 0 fully saturated rings. The van der Waals surface area contributed by atoms with Crippen LogP contribution in [0, 0.1) is 0 Å². The van der Waals surface area contributed by atoms with E-state index in [9.17, 15) is 21.9 Å². The molecule has 7 nitrogen and oxygen atoms in total. The van der Waals surface area contributed by atoms with Gasteiger partial charge in [-0.1, -0.05) is 11.6 Å². The maximum atomic E-state index is 11.3. The smallest absolute Gasteiger partial charge is 0.295 e. The van der Waals surface area contributed by atoms with Crippen LogP contribution in [0.1, 0.15) is 0 Å². The van der Waals surface area contributed by atoms with E-state index < -0.39 is 41.2 Å². The summed E-state index contributed by atoms with van der Waals surface area (Å²) in [5.74, 6) is -0.586. The quantitative estimate of drug-likeness (QED) is 0.710. The SMILES string of the molecule is O=S(=O)(O)c1ccc(O)c2c(S(=O)(=O)O)cc(Cl)cc12. The zero-order chi connectivity index (χ0) is 15.3. The Morgan fingerprint density at radius 3 is 1.95 bits per heavy atom. The van der Waals surface area contributed by atoms with Gasteiger partial charge in [-0.05, 0) is 24.3 Å². The van der Waals surface area contributed by atoms with Crippen molar-refractivity contribution in [2.24, 2.45) is 0 Å². The lowest BCUT2D eigenvalue weighted by molar-refractivity contribution is 0.472. The van der Waals surface area contributed by atoms with Crippen LogP contribution in [0.4, 0.5) is 0 Å². The van der Waals surface area contributed by atoms with Crippen LogP contribution >= 0.6 is 11.6 Å². The molecule has 0 atom stereocenters. The van der Waals surface area contributed by atoms with Crippen molar-refractivity contribution in [3.05, 3.63) is 29.3 Å². The average molecular weight is 339 g/mol. The van der Waals surface area contributed by atoms with Gasteiger partial charge in [0.05, 0.1) is 0 Å². The molecule has 0 aromatic heterocycles. The Morgan fingerprint density at radius 1 is 0.900 bits per heavy atom. The van der Waals surface area contributed by atoms with E-state index in [0.717, 1.165) is 24.3 Å². The summed E-state index contributed by atoms with van der Waals surface area (Å²) >= 11 is 5.67. The highest BCUT2D eigenvalue weighted by Gasteiger charge is 2.23. The molecule has 10 heteroatoms. The van der Waals surface area contributed by atoms with E-state index in [2.05, 4.69) is 0 Å². The predicted octanol–water partition coefficient (Wildman–Crippen LogP) is 1.69. The molecule has 0 radical (unpaired) electrons. The molecular weight excluding hydrogens is 332 g/mol. The molecule has 0 unspecified atom stereocenters. The van der Waals surface area contributed by atoms with E-state index in [-0.39, 0.29) is 10.4 Å². The maximum absolute atomic E-state index is 11.3. The molecular formula is C10H7ClO7S2. The number of hydrogen-bond donors (Lipinski definition) is 3.